The number of rotatable bonds is 5. The number of nitrogens with zero attached hydrogens (tertiary/aromatic N) is 1. The number of nitrogens with one attached hydrogen (secondary N) is 1. The molecule has 0 unspecified atom stereocenters. The molecule has 1 aromatic heterocycles. The van der Waals surface area contributed by atoms with Crippen LogP contribution < -0.4 is 5.32 Å². The molecule has 1 aromatic carbocycles. The van der Waals surface area contributed by atoms with Crippen LogP contribution in [-0.2, 0) is 23.4 Å². The Hall–Kier alpha value is -1.33. The Kier molecular flexibility index (Phi) is 3.93. The van der Waals surface area contributed by atoms with E-state index in [0.29, 0.717) is 13.1 Å². The highest BCUT2D eigenvalue weighted by molar-refractivity contribution is 7.92. The minimum atomic E-state index is -3.06. The van der Waals surface area contributed by atoms with Crippen molar-refractivity contribution >= 4 is 20.7 Å². The Balaban J connectivity index is 2.11. The summed E-state index contributed by atoms with van der Waals surface area (Å²) in [6.45, 7) is 4.60. The molecule has 0 spiro atoms. The highest BCUT2D eigenvalue weighted by Gasteiger charge is 2.29. The number of fused-ring (bicyclic) bond motifs is 1. The maximum atomic E-state index is 11.7. The first-order valence-corrected chi connectivity index (χ1v) is 8.55. The number of hydrogen-bond acceptors (Lipinski definition) is 3. The molecule has 0 bridgehead atoms. The van der Waals surface area contributed by atoms with Crippen molar-refractivity contribution in [2.75, 3.05) is 12.8 Å². The van der Waals surface area contributed by atoms with Crippen LogP contribution in [0.25, 0.3) is 10.9 Å². The van der Waals surface area contributed by atoms with Crippen molar-refractivity contribution in [3.8, 4) is 0 Å². The van der Waals surface area contributed by atoms with Crippen LogP contribution in [0.2, 0.25) is 0 Å². The van der Waals surface area contributed by atoms with Crippen LogP contribution >= 0.6 is 0 Å². The van der Waals surface area contributed by atoms with Crippen molar-refractivity contribution in [3.05, 3.63) is 36.0 Å². The van der Waals surface area contributed by atoms with Gasteiger partial charge in [0.1, 0.15) is 0 Å². The van der Waals surface area contributed by atoms with Gasteiger partial charge in [-0.15, -0.1) is 0 Å². The number of hydrogen-bond donors (Lipinski definition) is 1. The Morgan fingerprint density at radius 1 is 1.25 bits per heavy atom. The molecule has 0 saturated carbocycles. The number of benzene rings is 1. The van der Waals surface area contributed by atoms with Crippen LogP contribution in [-0.4, -0.2) is 30.5 Å². The normalized spacial score (nSPS) is 13.0. The van der Waals surface area contributed by atoms with Gasteiger partial charge in [0.15, 0.2) is 9.84 Å². The first-order valence-electron chi connectivity index (χ1n) is 6.65. The highest BCUT2D eigenvalue weighted by atomic mass is 32.2. The molecule has 1 N–H and O–H groups in total. The molecule has 110 valence electrons. The van der Waals surface area contributed by atoms with Crippen molar-refractivity contribution in [1.29, 1.82) is 0 Å². The molecule has 0 aliphatic rings. The zero-order chi connectivity index (χ0) is 15.0. The number of sulfone groups is 1. The van der Waals surface area contributed by atoms with Gasteiger partial charge in [-0.25, -0.2) is 8.42 Å². The van der Waals surface area contributed by atoms with Crippen LogP contribution in [0.3, 0.4) is 0 Å². The van der Waals surface area contributed by atoms with Gasteiger partial charge in [-0.2, -0.15) is 0 Å². The van der Waals surface area contributed by atoms with Crippen molar-refractivity contribution < 1.29 is 8.42 Å². The quantitative estimate of drug-likeness (QED) is 0.918. The van der Waals surface area contributed by atoms with E-state index in [1.165, 1.54) is 22.7 Å². The van der Waals surface area contributed by atoms with Gasteiger partial charge in [-0.1, -0.05) is 18.2 Å². The number of para-hydroxylation sites is 1. The van der Waals surface area contributed by atoms with E-state index < -0.39 is 14.6 Å². The highest BCUT2D eigenvalue weighted by Crippen LogP contribution is 2.20. The van der Waals surface area contributed by atoms with Gasteiger partial charge in [-0.3, -0.25) is 0 Å². The molecular weight excluding hydrogens is 272 g/mol. The zero-order valence-electron chi connectivity index (χ0n) is 12.5. The lowest BCUT2D eigenvalue weighted by Gasteiger charge is -2.22. The zero-order valence-corrected chi connectivity index (χ0v) is 13.3. The molecule has 4 nitrogen and oxygen atoms in total. The molecule has 0 aliphatic heterocycles. The molecule has 0 fully saturated rings. The fourth-order valence-corrected chi connectivity index (χ4v) is 2.56. The van der Waals surface area contributed by atoms with Crippen LogP contribution in [0.5, 0.6) is 0 Å². The molecule has 2 aromatic rings. The summed E-state index contributed by atoms with van der Waals surface area (Å²) >= 11 is 0. The lowest BCUT2D eigenvalue weighted by atomic mass is 10.1. The van der Waals surface area contributed by atoms with Gasteiger partial charge >= 0.3 is 0 Å². The first-order chi connectivity index (χ1) is 9.22. The molecular formula is C15H22N2O2S. The molecule has 0 saturated heterocycles. The lowest BCUT2D eigenvalue weighted by molar-refractivity contribution is 0.522. The van der Waals surface area contributed by atoms with E-state index in [1.54, 1.807) is 13.8 Å². The lowest BCUT2D eigenvalue weighted by Crippen LogP contribution is -2.41. The number of aromatic nitrogens is 1. The van der Waals surface area contributed by atoms with Crippen molar-refractivity contribution in [2.45, 2.75) is 25.1 Å². The Labute approximate surface area is 120 Å². The summed E-state index contributed by atoms with van der Waals surface area (Å²) in [4.78, 5) is 0. The second-order valence-corrected chi connectivity index (χ2v) is 8.57. The van der Waals surface area contributed by atoms with E-state index in [-0.39, 0.29) is 0 Å². The second-order valence-electron chi connectivity index (χ2n) is 5.92. The minimum absolute atomic E-state index is 0.440. The van der Waals surface area contributed by atoms with Gasteiger partial charge in [0, 0.05) is 43.5 Å². The maximum Gasteiger partial charge on any atom is 0.153 e. The molecule has 0 aliphatic carbocycles. The fourth-order valence-electron chi connectivity index (χ4n) is 2.20. The van der Waals surface area contributed by atoms with Crippen molar-refractivity contribution in [3.63, 3.8) is 0 Å². The average Bonchev–Trinajstić information content (AvgIpc) is 2.66. The van der Waals surface area contributed by atoms with Crippen molar-refractivity contribution in [2.24, 2.45) is 7.05 Å². The Morgan fingerprint density at radius 2 is 1.90 bits per heavy atom. The van der Waals surface area contributed by atoms with Crippen molar-refractivity contribution in [1.82, 2.24) is 9.88 Å². The summed E-state index contributed by atoms with van der Waals surface area (Å²) < 4.78 is 24.7. The van der Waals surface area contributed by atoms with Crippen LogP contribution in [0.15, 0.2) is 30.5 Å². The summed E-state index contributed by atoms with van der Waals surface area (Å²) in [5, 5.41) is 4.47. The van der Waals surface area contributed by atoms with E-state index >= 15 is 0 Å². The third-order valence-corrected chi connectivity index (χ3v) is 6.00. The first kappa shape index (κ1) is 15.1. The summed E-state index contributed by atoms with van der Waals surface area (Å²) in [6.07, 6.45) is 3.37. The monoisotopic (exact) mass is 294 g/mol. The predicted molar refractivity (Wildman–Crippen MR) is 83.5 cm³/mol. The van der Waals surface area contributed by atoms with Crippen LogP contribution in [0.4, 0.5) is 0 Å². The summed E-state index contributed by atoms with van der Waals surface area (Å²) in [5.41, 5.74) is 2.37. The third-order valence-electron chi connectivity index (χ3n) is 3.85. The Morgan fingerprint density at radius 3 is 2.55 bits per heavy atom. The molecule has 2 rings (SSSR count). The Bertz CT molecular complexity index is 715. The predicted octanol–water partition coefficient (Wildman–Crippen LogP) is 2.09. The maximum absolute atomic E-state index is 11.7. The van der Waals surface area contributed by atoms with Gasteiger partial charge in [-0.05, 0) is 25.5 Å². The molecule has 20 heavy (non-hydrogen) atoms. The van der Waals surface area contributed by atoms with E-state index in [4.69, 9.17) is 0 Å². The van der Waals surface area contributed by atoms with Crippen LogP contribution in [0.1, 0.15) is 19.4 Å². The smallest absolute Gasteiger partial charge is 0.153 e. The van der Waals surface area contributed by atoms with Gasteiger partial charge in [0.05, 0.1) is 4.75 Å². The minimum Gasteiger partial charge on any atom is -0.350 e. The van der Waals surface area contributed by atoms with Gasteiger partial charge in [0.25, 0.3) is 0 Å². The molecule has 5 heteroatoms. The summed E-state index contributed by atoms with van der Waals surface area (Å²) in [7, 11) is -1.04. The van der Waals surface area contributed by atoms with E-state index in [9.17, 15) is 8.42 Å². The molecule has 0 atom stereocenters. The average molecular weight is 294 g/mol. The van der Waals surface area contributed by atoms with E-state index in [0.717, 1.165) is 0 Å². The molecule has 1 heterocycles. The third kappa shape index (κ3) is 2.88. The standard InChI is InChI=1S/C15H22N2O2S/c1-15(2,20(4,18)19)11-16-9-12-10-17(3)14-8-6-5-7-13(12)14/h5-8,10,16H,9,11H2,1-4H3. The van der Waals surface area contributed by atoms with Crippen LogP contribution in [0, 0.1) is 0 Å². The van der Waals surface area contributed by atoms with Gasteiger partial charge < -0.3 is 9.88 Å². The largest absolute Gasteiger partial charge is 0.350 e. The van der Waals surface area contributed by atoms with Gasteiger partial charge in [0.2, 0.25) is 0 Å². The summed E-state index contributed by atoms with van der Waals surface area (Å²) in [6, 6.07) is 8.21. The fraction of sp³-hybridized carbons (Fsp3) is 0.467. The topological polar surface area (TPSA) is 51.1 Å². The van der Waals surface area contributed by atoms with E-state index in [2.05, 4.69) is 28.2 Å². The second kappa shape index (κ2) is 5.22. The SMILES string of the molecule is Cn1cc(CNCC(C)(C)S(C)(=O)=O)c2ccccc21. The summed E-state index contributed by atoms with van der Waals surface area (Å²) in [5.74, 6) is 0. The molecule has 0 amide bonds. The number of aryl methyl sites for hydroxylation is 1. The molecule has 0 radical (unpaired) electrons. The van der Waals surface area contributed by atoms with E-state index in [1.807, 2.05) is 19.2 Å².